The predicted octanol–water partition coefficient (Wildman–Crippen LogP) is 0.181. The Kier molecular flexibility index (Phi) is 4.34. The molecule has 2 N–H and O–H groups in total. The number of rotatable bonds is 5. The lowest BCUT2D eigenvalue weighted by atomic mass is 9.96. The van der Waals surface area contributed by atoms with Crippen LogP contribution in [0, 0.1) is 0 Å². The maximum absolute atomic E-state index is 12.3. The van der Waals surface area contributed by atoms with Gasteiger partial charge in [0.15, 0.2) is 0 Å². The van der Waals surface area contributed by atoms with E-state index in [9.17, 15) is 19.8 Å². The van der Waals surface area contributed by atoms with Gasteiger partial charge >= 0.3 is 6.03 Å². The van der Waals surface area contributed by atoms with E-state index in [1.165, 1.54) is 11.8 Å². The summed E-state index contributed by atoms with van der Waals surface area (Å²) in [4.78, 5) is 26.9. The third-order valence-corrected chi connectivity index (χ3v) is 3.35. The maximum atomic E-state index is 12.3. The first kappa shape index (κ1) is 14.9. The highest BCUT2D eigenvalue weighted by Gasteiger charge is 2.53. The zero-order chi connectivity index (χ0) is 14.1. The first-order chi connectivity index (χ1) is 8.24. The summed E-state index contributed by atoms with van der Waals surface area (Å²) in [5, 5.41) is 18.8. The summed E-state index contributed by atoms with van der Waals surface area (Å²) in [7, 11) is 0. The lowest BCUT2D eigenvalue weighted by Gasteiger charge is -2.31. The molecular weight excluding hydrogens is 236 g/mol. The molecule has 0 radical (unpaired) electrons. The van der Waals surface area contributed by atoms with Gasteiger partial charge in [-0.2, -0.15) is 0 Å². The normalized spacial score (nSPS) is 27.9. The molecule has 1 rings (SSSR count). The van der Waals surface area contributed by atoms with Crippen LogP contribution in [0.15, 0.2) is 0 Å². The summed E-state index contributed by atoms with van der Waals surface area (Å²) in [6.45, 7) is 6.73. The summed E-state index contributed by atoms with van der Waals surface area (Å²) >= 11 is 0. The number of hydrogen-bond donors (Lipinski definition) is 2. The Labute approximate surface area is 107 Å². The average molecular weight is 258 g/mol. The number of urea groups is 1. The van der Waals surface area contributed by atoms with Crippen LogP contribution in [0.2, 0.25) is 0 Å². The lowest BCUT2D eigenvalue weighted by molar-refractivity contribution is -0.133. The molecule has 1 fully saturated rings. The Morgan fingerprint density at radius 3 is 2.06 bits per heavy atom. The summed E-state index contributed by atoms with van der Waals surface area (Å²) in [5.74, 6) is -0.309. The van der Waals surface area contributed by atoms with Crippen LogP contribution in [-0.2, 0) is 4.79 Å². The van der Waals surface area contributed by atoms with Crippen molar-refractivity contribution in [3.63, 3.8) is 0 Å². The molecule has 0 spiro atoms. The molecular formula is C12H22N2O4. The molecule has 6 heteroatoms. The van der Waals surface area contributed by atoms with Gasteiger partial charge in [-0.25, -0.2) is 4.79 Å². The van der Waals surface area contributed by atoms with E-state index in [-0.39, 0.29) is 19.0 Å². The summed E-state index contributed by atoms with van der Waals surface area (Å²) in [6, 6.07) is -0.439. The molecule has 0 bridgehead atoms. The van der Waals surface area contributed by atoms with Crippen molar-refractivity contribution in [2.45, 2.75) is 51.9 Å². The van der Waals surface area contributed by atoms with Crippen LogP contribution in [0.4, 0.5) is 4.79 Å². The van der Waals surface area contributed by atoms with Crippen molar-refractivity contribution < 1.29 is 19.8 Å². The van der Waals surface area contributed by atoms with E-state index in [1.54, 1.807) is 13.8 Å². The molecule has 1 aliphatic rings. The largest absolute Gasteiger partial charge is 0.392 e. The van der Waals surface area contributed by atoms with E-state index < -0.39 is 23.8 Å². The number of aliphatic hydroxyl groups excluding tert-OH is 2. The molecule has 0 aromatic heterocycles. The van der Waals surface area contributed by atoms with Crippen molar-refractivity contribution in [3.8, 4) is 0 Å². The van der Waals surface area contributed by atoms with Crippen molar-refractivity contribution in [2.75, 3.05) is 13.1 Å². The number of carbonyl (C=O) groups is 2. The third-order valence-electron chi connectivity index (χ3n) is 3.35. The molecule has 6 nitrogen and oxygen atoms in total. The molecule has 0 aromatic carbocycles. The molecule has 0 saturated carbocycles. The van der Waals surface area contributed by atoms with Gasteiger partial charge in [0.05, 0.1) is 18.8 Å². The number of amides is 3. The monoisotopic (exact) mass is 258 g/mol. The summed E-state index contributed by atoms with van der Waals surface area (Å²) < 4.78 is 0. The second-order valence-electron chi connectivity index (χ2n) is 5.13. The third kappa shape index (κ3) is 2.49. The van der Waals surface area contributed by atoms with Crippen molar-refractivity contribution in [3.05, 3.63) is 0 Å². The van der Waals surface area contributed by atoms with Crippen LogP contribution in [-0.4, -0.2) is 62.8 Å². The smallest absolute Gasteiger partial charge is 0.327 e. The Hall–Kier alpha value is -1.14. The van der Waals surface area contributed by atoms with Crippen LogP contribution in [0.5, 0.6) is 0 Å². The molecule has 3 amide bonds. The maximum Gasteiger partial charge on any atom is 0.327 e. The number of β-amino-alcohol motifs (C(OH)–C–C–N with tert-alkyl or cyclic N) is 2. The number of nitrogens with zero attached hydrogens (tertiary/aromatic N) is 2. The minimum absolute atomic E-state index is 0.0104. The van der Waals surface area contributed by atoms with E-state index in [0.717, 1.165) is 4.90 Å². The Morgan fingerprint density at radius 2 is 1.67 bits per heavy atom. The summed E-state index contributed by atoms with van der Waals surface area (Å²) in [6.07, 6.45) is -0.981. The second kappa shape index (κ2) is 5.24. The minimum atomic E-state index is -0.928. The zero-order valence-corrected chi connectivity index (χ0v) is 11.4. The SMILES string of the molecule is CCC1(C)C(=O)N(CC(C)O)C(=O)N1CC(C)O. The second-order valence-corrected chi connectivity index (χ2v) is 5.13. The average Bonchev–Trinajstić information content (AvgIpc) is 2.44. The quantitative estimate of drug-likeness (QED) is 0.689. The van der Waals surface area contributed by atoms with Crippen LogP contribution in [0.3, 0.4) is 0 Å². The van der Waals surface area contributed by atoms with Crippen LogP contribution >= 0.6 is 0 Å². The first-order valence-electron chi connectivity index (χ1n) is 6.23. The van der Waals surface area contributed by atoms with Gasteiger partial charge in [-0.1, -0.05) is 6.92 Å². The Morgan fingerprint density at radius 1 is 1.17 bits per heavy atom. The van der Waals surface area contributed by atoms with E-state index in [4.69, 9.17) is 0 Å². The van der Waals surface area contributed by atoms with Gasteiger partial charge in [-0.15, -0.1) is 0 Å². The first-order valence-corrected chi connectivity index (χ1v) is 6.23. The van der Waals surface area contributed by atoms with Gasteiger partial charge in [0.2, 0.25) is 0 Å². The lowest BCUT2D eigenvalue weighted by Crippen LogP contribution is -2.49. The van der Waals surface area contributed by atoms with E-state index in [2.05, 4.69) is 0 Å². The zero-order valence-electron chi connectivity index (χ0n) is 11.4. The molecule has 1 saturated heterocycles. The van der Waals surface area contributed by atoms with Crippen molar-refractivity contribution in [2.24, 2.45) is 0 Å². The summed E-state index contributed by atoms with van der Waals surface area (Å²) in [5.41, 5.74) is -0.928. The van der Waals surface area contributed by atoms with Gasteiger partial charge in [-0.05, 0) is 27.2 Å². The molecule has 3 atom stereocenters. The fraction of sp³-hybridized carbons (Fsp3) is 0.833. The number of imide groups is 1. The Bertz CT molecular complexity index is 343. The highest BCUT2D eigenvalue weighted by molar-refractivity contribution is 6.06. The van der Waals surface area contributed by atoms with E-state index >= 15 is 0 Å². The van der Waals surface area contributed by atoms with E-state index in [0.29, 0.717) is 6.42 Å². The number of aliphatic hydroxyl groups is 2. The Balaban J connectivity index is 3.03. The molecule has 1 heterocycles. The van der Waals surface area contributed by atoms with Gasteiger partial charge in [0.25, 0.3) is 5.91 Å². The van der Waals surface area contributed by atoms with Gasteiger partial charge in [0.1, 0.15) is 5.54 Å². The molecule has 18 heavy (non-hydrogen) atoms. The van der Waals surface area contributed by atoms with Crippen molar-refractivity contribution in [1.29, 1.82) is 0 Å². The topological polar surface area (TPSA) is 81.1 Å². The molecule has 1 aliphatic heterocycles. The standard InChI is InChI=1S/C12H22N2O4/c1-5-12(4)10(17)13(6-8(2)15)11(18)14(12)7-9(3)16/h8-9,15-16H,5-7H2,1-4H3. The fourth-order valence-corrected chi connectivity index (χ4v) is 2.16. The predicted molar refractivity (Wildman–Crippen MR) is 65.9 cm³/mol. The molecule has 0 aromatic rings. The van der Waals surface area contributed by atoms with E-state index in [1.807, 2.05) is 6.92 Å². The number of hydrogen-bond acceptors (Lipinski definition) is 4. The van der Waals surface area contributed by atoms with Crippen molar-refractivity contribution >= 4 is 11.9 Å². The minimum Gasteiger partial charge on any atom is -0.392 e. The molecule has 104 valence electrons. The van der Waals surface area contributed by atoms with Gasteiger partial charge in [-0.3, -0.25) is 9.69 Å². The van der Waals surface area contributed by atoms with Crippen molar-refractivity contribution in [1.82, 2.24) is 9.80 Å². The van der Waals surface area contributed by atoms with Crippen LogP contribution < -0.4 is 0 Å². The number of carbonyl (C=O) groups excluding carboxylic acids is 2. The van der Waals surface area contributed by atoms with Crippen LogP contribution in [0.1, 0.15) is 34.1 Å². The highest BCUT2D eigenvalue weighted by Crippen LogP contribution is 2.31. The highest BCUT2D eigenvalue weighted by atomic mass is 16.3. The molecule has 0 aliphatic carbocycles. The fourth-order valence-electron chi connectivity index (χ4n) is 2.16. The van der Waals surface area contributed by atoms with Gasteiger partial charge in [0, 0.05) is 6.54 Å². The molecule has 3 unspecified atom stereocenters. The van der Waals surface area contributed by atoms with Crippen LogP contribution in [0.25, 0.3) is 0 Å². The van der Waals surface area contributed by atoms with Gasteiger partial charge < -0.3 is 15.1 Å².